The largest absolute Gasteiger partial charge is 0.480 e. The zero-order chi connectivity index (χ0) is 7.56. The lowest BCUT2D eigenvalue weighted by molar-refractivity contribution is -0.142. The van der Waals surface area contributed by atoms with E-state index < -0.39 is 5.97 Å². The molecule has 0 unspecified atom stereocenters. The third-order valence-electron chi connectivity index (χ3n) is 1.18. The van der Waals surface area contributed by atoms with Gasteiger partial charge in [-0.15, -0.1) is 5.12 Å². The zero-order valence-electron chi connectivity index (χ0n) is 5.61. The van der Waals surface area contributed by atoms with Crippen LogP contribution in [-0.4, -0.2) is 34.8 Å². The first-order chi connectivity index (χ1) is 4.70. The highest BCUT2D eigenvalue weighted by atomic mass is 16.4. The van der Waals surface area contributed by atoms with Gasteiger partial charge in [-0.2, -0.15) is 0 Å². The molecule has 10 heavy (non-hydrogen) atoms. The Kier molecular flexibility index (Phi) is 1.77. The number of carbonyl (C=O) groups is 1. The second-order valence-corrected chi connectivity index (χ2v) is 1.97. The van der Waals surface area contributed by atoms with Crippen molar-refractivity contribution in [1.29, 1.82) is 0 Å². The van der Waals surface area contributed by atoms with E-state index in [0.29, 0.717) is 0 Å². The van der Waals surface area contributed by atoms with Gasteiger partial charge in [0, 0.05) is 19.4 Å². The van der Waals surface area contributed by atoms with Gasteiger partial charge in [0.15, 0.2) is 0 Å². The summed E-state index contributed by atoms with van der Waals surface area (Å²) in [5.41, 5.74) is 2.74. The van der Waals surface area contributed by atoms with Crippen molar-refractivity contribution in [2.24, 2.45) is 0 Å². The SMILES string of the molecule is CN1C=CNN1CC(=O)O. The Labute approximate surface area is 58.5 Å². The standard InChI is InChI=1S/C5H9N3O2/c1-7-3-2-6-8(7)4-5(9)10/h2-3,6H,4H2,1H3,(H,9,10). The van der Waals surface area contributed by atoms with E-state index in [0.717, 1.165) is 0 Å². The lowest BCUT2D eigenvalue weighted by Gasteiger charge is -2.22. The summed E-state index contributed by atoms with van der Waals surface area (Å²) in [6.07, 6.45) is 3.41. The summed E-state index contributed by atoms with van der Waals surface area (Å²) in [7, 11) is 1.76. The Hall–Kier alpha value is -1.23. The Morgan fingerprint density at radius 3 is 2.90 bits per heavy atom. The minimum atomic E-state index is -0.858. The summed E-state index contributed by atoms with van der Waals surface area (Å²) >= 11 is 0. The van der Waals surface area contributed by atoms with E-state index in [1.54, 1.807) is 24.5 Å². The van der Waals surface area contributed by atoms with Crippen molar-refractivity contribution in [2.75, 3.05) is 13.6 Å². The van der Waals surface area contributed by atoms with E-state index in [1.165, 1.54) is 5.12 Å². The zero-order valence-corrected chi connectivity index (χ0v) is 5.61. The molecule has 56 valence electrons. The van der Waals surface area contributed by atoms with E-state index in [9.17, 15) is 4.79 Å². The molecule has 1 aliphatic rings. The molecule has 0 saturated heterocycles. The lowest BCUT2D eigenvalue weighted by Crippen LogP contribution is -2.42. The summed E-state index contributed by atoms with van der Waals surface area (Å²) < 4.78 is 0. The predicted molar refractivity (Wildman–Crippen MR) is 34.4 cm³/mol. The fourth-order valence-electron chi connectivity index (χ4n) is 0.684. The van der Waals surface area contributed by atoms with Crippen molar-refractivity contribution in [1.82, 2.24) is 15.6 Å². The van der Waals surface area contributed by atoms with E-state index in [1.807, 2.05) is 0 Å². The lowest BCUT2D eigenvalue weighted by atomic mass is 10.7. The van der Waals surface area contributed by atoms with E-state index in [4.69, 9.17) is 5.11 Å². The van der Waals surface area contributed by atoms with Crippen molar-refractivity contribution in [2.45, 2.75) is 0 Å². The molecule has 0 spiro atoms. The van der Waals surface area contributed by atoms with Crippen molar-refractivity contribution in [3.05, 3.63) is 12.4 Å². The van der Waals surface area contributed by atoms with Gasteiger partial charge in [-0.1, -0.05) is 0 Å². The number of hydrazine groups is 2. The van der Waals surface area contributed by atoms with Crippen LogP contribution in [0.2, 0.25) is 0 Å². The Bertz CT molecular complexity index is 168. The molecule has 0 aliphatic carbocycles. The maximum absolute atomic E-state index is 10.2. The van der Waals surface area contributed by atoms with Crippen molar-refractivity contribution in [3.8, 4) is 0 Å². The van der Waals surface area contributed by atoms with Gasteiger partial charge in [-0.3, -0.25) is 9.80 Å². The van der Waals surface area contributed by atoms with Gasteiger partial charge in [-0.25, -0.2) is 0 Å². The highest BCUT2D eigenvalue weighted by Gasteiger charge is 2.13. The maximum Gasteiger partial charge on any atom is 0.321 e. The minimum absolute atomic E-state index is 0.0382. The molecular weight excluding hydrogens is 134 g/mol. The molecule has 0 atom stereocenters. The van der Waals surface area contributed by atoms with Gasteiger partial charge >= 0.3 is 5.97 Å². The van der Waals surface area contributed by atoms with Crippen LogP contribution in [0.1, 0.15) is 0 Å². The van der Waals surface area contributed by atoms with Crippen LogP contribution in [0.4, 0.5) is 0 Å². The normalized spacial score (nSPS) is 17.5. The van der Waals surface area contributed by atoms with Gasteiger partial charge in [0.05, 0.1) is 0 Å². The van der Waals surface area contributed by atoms with Crippen molar-refractivity contribution >= 4 is 5.97 Å². The average molecular weight is 143 g/mol. The van der Waals surface area contributed by atoms with Crippen LogP contribution in [0.25, 0.3) is 0 Å². The third kappa shape index (κ3) is 1.38. The number of carboxylic acid groups (broad SMARTS) is 1. The number of aliphatic carboxylic acids is 1. The summed E-state index contributed by atoms with van der Waals surface area (Å²) in [6, 6.07) is 0. The second kappa shape index (κ2) is 2.57. The Morgan fingerprint density at radius 2 is 2.50 bits per heavy atom. The Morgan fingerprint density at radius 1 is 1.80 bits per heavy atom. The van der Waals surface area contributed by atoms with E-state index >= 15 is 0 Å². The highest BCUT2D eigenvalue weighted by molar-refractivity contribution is 5.68. The first kappa shape index (κ1) is 6.88. The number of hydrogen-bond donors (Lipinski definition) is 2. The smallest absolute Gasteiger partial charge is 0.321 e. The predicted octanol–water partition coefficient (Wildman–Crippen LogP) is -0.791. The number of hydrogen-bond acceptors (Lipinski definition) is 4. The second-order valence-electron chi connectivity index (χ2n) is 1.97. The van der Waals surface area contributed by atoms with Crippen LogP contribution in [0.5, 0.6) is 0 Å². The molecule has 0 aromatic rings. The van der Waals surface area contributed by atoms with Crippen molar-refractivity contribution < 1.29 is 9.90 Å². The molecule has 5 heteroatoms. The highest BCUT2D eigenvalue weighted by Crippen LogP contribution is 1.96. The van der Waals surface area contributed by atoms with Gasteiger partial charge < -0.3 is 10.5 Å². The Balaban J connectivity index is 2.37. The topological polar surface area (TPSA) is 55.8 Å². The van der Waals surface area contributed by atoms with Crippen LogP contribution in [0.3, 0.4) is 0 Å². The summed E-state index contributed by atoms with van der Waals surface area (Å²) in [5, 5.41) is 11.5. The summed E-state index contributed by atoms with van der Waals surface area (Å²) in [5.74, 6) is -0.858. The fraction of sp³-hybridized carbons (Fsp3) is 0.400. The molecule has 0 aromatic heterocycles. The fourth-order valence-corrected chi connectivity index (χ4v) is 0.684. The molecule has 1 aliphatic heterocycles. The quantitative estimate of drug-likeness (QED) is 0.530. The molecule has 0 fully saturated rings. The van der Waals surface area contributed by atoms with Gasteiger partial charge in [0.1, 0.15) is 6.54 Å². The average Bonchev–Trinajstić information content (AvgIpc) is 2.15. The maximum atomic E-state index is 10.2. The number of carboxylic acids is 1. The van der Waals surface area contributed by atoms with E-state index in [2.05, 4.69) is 5.43 Å². The van der Waals surface area contributed by atoms with Gasteiger partial charge in [-0.05, 0) is 0 Å². The van der Waals surface area contributed by atoms with Crippen LogP contribution >= 0.6 is 0 Å². The molecule has 0 bridgehead atoms. The summed E-state index contributed by atoms with van der Waals surface area (Å²) in [4.78, 5) is 10.2. The number of nitrogens with zero attached hydrogens (tertiary/aromatic N) is 2. The molecule has 1 heterocycles. The molecule has 5 nitrogen and oxygen atoms in total. The molecule has 0 radical (unpaired) electrons. The van der Waals surface area contributed by atoms with E-state index in [-0.39, 0.29) is 6.54 Å². The molecule has 0 amide bonds. The van der Waals surface area contributed by atoms with Crippen molar-refractivity contribution in [3.63, 3.8) is 0 Å². The van der Waals surface area contributed by atoms with Crippen LogP contribution in [0.15, 0.2) is 12.4 Å². The first-order valence-electron chi connectivity index (χ1n) is 2.85. The summed E-state index contributed by atoms with van der Waals surface area (Å²) in [6.45, 7) is -0.0382. The number of nitrogens with one attached hydrogen (secondary N) is 1. The minimum Gasteiger partial charge on any atom is -0.480 e. The van der Waals surface area contributed by atoms with Crippen LogP contribution < -0.4 is 5.43 Å². The molecule has 0 saturated carbocycles. The monoisotopic (exact) mass is 143 g/mol. The van der Waals surface area contributed by atoms with Crippen LogP contribution in [-0.2, 0) is 4.79 Å². The van der Waals surface area contributed by atoms with Crippen LogP contribution in [0, 0.1) is 0 Å². The first-order valence-corrected chi connectivity index (χ1v) is 2.85. The molecule has 2 N–H and O–H groups in total. The van der Waals surface area contributed by atoms with Gasteiger partial charge in [0.2, 0.25) is 0 Å². The third-order valence-corrected chi connectivity index (χ3v) is 1.18. The number of rotatable bonds is 2. The molecular formula is C5H9N3O2. The van der Waals surface area contributed by atoms with Gasteiger partial charge in [0.25, 0.3) is 0 Å². The molecule has 0 aromatic carbocycles. The molecule has 1 rings (SSSR count).